The average molecular weight is 417 g/mol. The lowest BCUT2D eigenvalue weighted by Crippen LogP contribution is -2.34. The first-order valence-corrected chi connectivity index (χ1v) is 9.17. The highest BCUT2D eigenvalue weighted by Crippen LogP contribution is 2.34. The van der Waals surface area contributed by atoms with E-state index in [-0.39, 0.29) is 12.2 Å². The molecule has 3 rings (SSSR count). The van der Waals surface area contributed by atoms with Crippen LogP contribution in [-0.2, 0) is 4.79 Å². The van der Waals surface area contributed by atoms with E-state index in [4.69, 9.17) is 11.6 Å². The number of nitro benzene ring substituents is 1. The lowest BCUT2D eigenvalue weighted by Gasteiger charge is -2.03. The summed E-state index contributed by atoms with van der Waals surface area (Å²) >= 11 is 7.47. The third-order valence-electron chi connectivity index (χ3n) is 3.63. The van der Waals surface area contributed by atoms with Gasteiger partial charge in [0.2, 0.25) is 0 Å². The molecule has 0 atom stereocenters. The van der Waals surface area contributed by atoms with Gasteiger partial charge >= 0.3 is 0 Å². The Hall–Kier alpha value is -3.30. The Balaban J connectivity index is 1.55. The molecule has 142 valence electrons. The van der Waals surface area contributed by atoms with E-state index >= 15 is 0 Å². The molecule has 10 heteroatoms. The van der Waals surface area contributed by atoms with Crippen LogP contribution in [0.4, 0.5) is 5.69 Å². The monoisotopic (exact) mass is 416 g/mol. The number of thiophene rings is 1. The second kappa shape index (κ2) is 8.59. The van der Waals surface area contributed by atoms with Crippen molar-refractivity contribution in [1.82, 2.24) is 10.7 Å². The van der Waals surface area contributed by atoms with Crippen LogP contribution in [-0.4, -0.2) is 29.5 Å². The van der Waals surface area contributed by atoms with Crippen molar-refractivity contribution in [2.24, 2.45) is 5.10 Å². The molecule has 1 heterocycles. The van der Waals surface area contributed by atoms with Crippen LogP contribution in [0.15, 0.2) is 53.6 Å². The Morgan fingerprint density at radius 3 is 2.75 bits per heavy atom. The van der Waals surface area contributed by atoms with Gasteiger partial charge in [-0.2, -0.15) is 5.10 Å². The zero-order valence-corrected chi connectivity index (χ0v) is 15.8. The number of nitro groups is 1. The molecular weight excluding hydrogens is 404 g/mol. The van der Waals surface area contributed by atoms with Crippen LogP contribution in [0.5, 0.6) is 0 Å². The fourth-order valence-electron chi connectivity index (χ4n) is 2.34. The maximum Gasteiger partial charge on any atom is 0.270 e. The van der Waals surface area contributed by atoms with E-state index in [9.17, 15) is 19.7 Å². The summed E-state index contributed by atoms with van der Waals surface area (Å²) < 4.78 is 0.878. The lowest BCUT2D eigenvalue weighted by atomic mass is 10.2. The smallest absolute Gasteiger partial charge is 0.270 e. The molecule has 8 nitrogen and oxygen atoms in total. The summed E-state index contributed by atoms with van der Waals surface area (Å²) in [6, 6.07) is 13.1. The maximum absolute atomic E-state index is 12.3. The molecule has 0 radical (unpaired) electrons. The van der Waals surface area contributed by atoms with Crippen molar-refractivity contribution in [2.45, 2.75) is 0 Å². The highest BCUT2D eigenvalue weighted by Gasteiger charge is 2.17. The van der Waals surface area contributed by atoms with Gasteiger partial charge in [0.25, 0.3) is 17.5 Å². The summed E-state index contributed by atoms with van der Waals surface area (Å²) in [6.07, 6.45) is 1.27. The van der Waals surface area contributed by atoms with E-state index in [1.807, 2.05) is 24.3 Å². The highest BCUT2D eigenvalue weighted by molar-refractivity contribution is 7.21. The number of amides is 2. The Labute approximate surface area is 168 Å². The number of benzene rings is 2. The number of rotatable bonds is 6. The van der Waals surface area contributed by atoms with Crippen LogP contribution in [0.1, 0.15) is 15.2 Å². The molecule has 0 aliphatic heterocycles. The van der Waals surface area contributed by atoms with Crippen LogP contribution in [0, 0.1) is 10.1 Å². The van der Waals surface area contributed by atoms with Gasteiger partial charge in [-0.1, -0.05) is 41.9 Å². The van der Waals surface area contributed by atoms with E-state index in [1.165, 1.54) is 35.8 Å². The first kappa shape index (κ1) is 19.5. The minimum absolute atomic E-state index is 0.0808. The second-order valence-electron chi connectivity index (χ2n) is 5.57. The Morgan fingerprint density at radius 2 is 2.00 bits per heavy atom. The second-order valence-corrected chi connectivity index (χ2v) is 7.00. The highest BCUT2D eigenvalue weighted by atomic mass is 35.5. The molecular formula is C18H13ClN4O4S. The van der Waals surface area contributed by atoms with E-state index in [2.05, 4.69) is 15.8 Å². The summed E-state index contributed by atoms with van der Waals surface area (Å²) in [6.45, 7) is -0.296. The van der Waals surface area contributed by atoms with Crippen molar-refractivity contribution in [1.29, 1.82) is 0 Å². The number of non-ortho nitro benzene ring substituents is 1. The molecule has 28 heavy (non-hydrogen) atoms. The molecule has 1 aromatic heterocycles. The number of nitrogens with zero attached hydrogens (tertiary/aromatic N) is 2. The number of hydrogen-bond donors (Lipinski definition) is 2. The minimum Gasteiger partial charge on any atom is -0.342 e. The summed E-state index contributed by atoms with van der Waals surface area (Å²) in [5.41, 5.74) is 2.62. The Bertz CT molecular complexity index is 1100. The fourth-order valence-corrected chi connectivity index (χ4v) is 3.77. The molecule has 2 N–H and O–H groups in total. The van der Waals surface area contributed by atoms with Crippen LogP contribution in [0.25, 0.3) is 10.1 Å². The van der Waals surface area contributed by atoms with Crippen LogP contribution in [0.3, 0.4) is 0 Å². The number of hydrogen-bond acceptors (Lipinski definition) is 6. The predicted molar refractivity (Wildman–Crippen MR) is 108 cm³/mol. The molecule has 0 spiro atoms. The van der Waals surface area contributed by atoms with Crippen molar-refractivity contribution < 1.29 is 14.5 Å². The van der Waals surface area contributed by atoms with Gasteiger partial charge in [0, 0.05) is 27.8 Å². The largest absolute Gasteiger partial charge is 0.342 e. The number of hydrazone groups is 1. The van der Waals surface area contributed by atoms with Gasteiger partial charge in [0.15, 0.2) is 0 Å². The Kier molecular flexibility index (Phi) is 5.97. The normalized spacial score (nSPS) is 10.9. The Morgan fingerprint density at radius 1 is 1.21 bits per heavy atom. The third kappa shape index (κ3) is 4.51. The number of carbonyl (C=O) groups is 2. The van der Waals surface area contributed by atoms with Crippen LogP contribution < -0.4 is 10.7 Å². The molecule has 3 aromatic rings. The lowest BCUT2D eigenvalue weighted by molar-refractivity contribution is -0.384. The average Bonchev–Trinajstić information content (AvgIpc) is 3.03. The predicted octanol–water partition coefficient (Wildman–Crippen LogP) is 3.34. The van der Waals surface area contributed by atoms with Crippen molar-refractivity contribution in [3.8, 4) is 0 Å². The van der Waals surface area contributed by atoms with Gasteiger partial charge in [-0.3, -0.25) is 19.7 Å². The number of nitrogens with one attached hydrogen (secondary N) is 2. The van der Waals surface area contributed by atoms with Gasteiger partial charge in [0.1, 0.15) is 4.88 Å². The molecule has 2 aromatic carbocycles. The van der Waals surface area contributed by atoms with Gasteiger partial charge in [-0.15, -0.1) is 11.3 Å². The topological polar surface area (TPSA) is 114 Å². The zero-order valence-electron chi connectivity index (χ0n) is 14.2. The zero-order chi connectivity index (χ0) is 20.1. The standard InChI is InChI=1S/C18H13ClN4O4S/c19-16-13-6-1-2-7-14(13)28-17(16)18(25)20-10-15(24)22-21-9-11-4-3-5-12(8-11)23(26)27/h1-9H,10H2,(H,20,25)(H,22,24). The van der Waals surface area contributed by atoms with E-state index in [1.54, 1.807) is 6.07 Å². The van der Waals surface area contributed by atoms with Crippen molar-refractivity contribution in [3.63, 3.8) is 0 Å². The van der Waals surface area contributed by atoms with Gasteiger partial charge in [0.05, 0.1) is 22.7 Å². The molecule has 0 unspecified atom stereocenters. The molecule has 2 amide bonds. The molecule has 0 aliphatic carbocycles. The molecule has 0 saturated carbocycles. The van der Waals surface area contributed by atoms with Crippen LogP contribution >= 0.6 is 22.9 Å². The van der Waals surface area contributed by atoms with Crippen molar-refractivity contribution in [2.75, 3.05) is 6.54 Å². The SMILES string of the molecule is O=C(CNC(=O)c1sc2ccccc2c1Cl)NN=Cc1cccc([N+](=O)[O-])c1. The number of fused-ring (bicyclic) bond motifs is 1. The van der Waals surface area contributed by atoms with Gasteiger partial charge in [-0.25, -0.2) is 5.43 Å². The van der Waals surface area contributed by atoms with E-state index < -0.39 is 16.7 Å². The van der Waals surface area contributed by atoms with Crippen LogP contribution in [0.2, 0.25) is 5.02 Å². The van der Waals surface area contributed by atoms with E-state index in [0.717, 1.165) is 10.1 Å². The quantitative estimate of drug-likeness (QED) is 0.364. The fraction of sp³-hybridized carbons (Fsp3) is 0.0556. The van der Waals surface area contributed by atoms with Crippen molar-refractivity contribution in [3.05, 3.63) is 74.1 Å². The maximum atomic E-state index is 12.3. The first-order valence-electron chi connectivity index (χ1n) is 7.97. The van der Waals surface area contributed by atoms with Crippen molar-refractivity contribution >= 4 is 56.7 Å². The summed E-state index contributed by atoms with van der Waals surface area (Å²) in [5, 5.41) is 18.1. The number of halogens is 1. The first-order chi connectivity index (χ1) is 13.5. The number of carbonyl (C=O) groups excluding carboxylic acids is 2. The molecule has 0 saturated heterocycles. The third-order valence-corrected chi connectivity index (χ3v) is 5.31. The van der Waals surface area contributed by atoms with Gasteiger partial charge in [-0.05, 0) is 6.07 Å². The molecule has 0 aliphatic rings. The van der Waals surface area contributed by atoms with Gasteiger partial charge < -0.3 is 5.32 Å². The minimum atomic E-state index is -0.549. The summed E-state index contributed by atoms with van der Waals surface area (Å²) in [7, 11) is 0. The molecule has 0 bridgehead atoms. The summed E-state index contributed by atoms with van der Waals surface area (Å²) in [5.74, 6) is -1.00. The molecule has 0 fully saturated rings. The summed E-state index contributed by atoms with van der Waals surface area (Å²) in [4.78, 5) is 34.6. The van der Waals surface area contributed by atoms with E-state index in [0.29, 0.717) is 15.5 Å².